The van der Waals surface area contributed by atoms with Crippen LogP contribution < -0.4 is 5.32 Å². The molecule has 2 aromatic heterocycles. The topological polar surface area (TPSA) is 77.1 Å². The van der Waals surface area contributed by atoms with Crippen molar-refractivity contribution in [1.29, 1.82) is 0 Å². The van der Waals surface area contributed by atoms with E-state index in [1.165, 1.54) is 0 Å². The Morgan fingerprint density at radius 2 is 2.17 bits per heavy atom. The van der Waals surface area contributed by atoms with Crippen LogP contribution in [0, 0.1) is 5.41 Å². The van der Waals surface area contributed by atoms with E-state index in [1.54, 1.807) is 12.4 Å². The van der Waals surface area contributed by atoms with Crippen molar-refractivity contribution < 1.29 is 5.11 Å². The number of likely N-dealkylation sites (N-methyl/N-ethyl adjacent to an activating group) is 1. The predicted octanol–water partition coefficient (Wildman–Crippen LogP) is 2.79. The van der Waals surface area contributed by atoms with Gasteiger partial charge in [-0.05, 0) is 11.5 Å². The minimum Gasteiger partial charge on any atom is -0.388 e. The number of fused-ring (bicyclic) bond motifs is 1. The quantitative estimate of drug-likeness (QED) is 0.812. The minimum absolute atomic E-state index is 0.266. The van der Waals surface area contributed by atoms with Crippen LogP contribution >= 0.6 is 0 Å². The molecule has 0 saturated heterocycles. The molecule has 0 radical (unpaired) electrons. The molecule has 6 heteroatoms. The van der Waals surface area contributed by atoms with Crippen LogP contribution in [0.1, 0.15) is 32.4 Å². The molecule has 1 aliphatic heterocycles. The first-order valence-electron chi connectivity index (χ1n) is 7.72. The van der Waals surface area contributed by atoms with Gasteiger partial charge in [0, 0.05) is 31.6 Å². The van der Waals surface area contributed by atoms with Crippen molar-refractivity contribution in [3.63, 3.8) is 0 Å². The van der Waals surface area contributed by atoms with Gasteiger partial charge in [-0.2, -0.15) is 0 Å². The summed E-state index contributed by atoms with van der Waals surface area (Å²) in [7, 11) is 2.02. The fourth-order valence-electron chi connectivity index (χ4n) is 2.55. The molecule has 0 spiro atoms. The Balaban J connectivity index is 1.93. The van der Waals surface area contributed by atoms with Gasteiger partial charge in [0.05, 0.1) is 18.0 Å². The summed E-state index contributed by atoms with van der Waals surface area (Å²) in [5.41, 5.74) is 2.84. The van der Waals surface area contributed by atoms with E-state index in [-0.39, 0.29) is 5.41 Å². The first-order valence-corrected chi connectivity index (χ1v) is 7.72. The first-order chi connectivity index (χ1) is 10.8. The standard InChI is InChI=1S/C17H23N5O/c1-17(2,3)15(23)12-8-18-16-14(12)21-13(9-19-16)20-11-6-5-7-22(4)10-11/h5-6,8-10,15,23H,7H2,1-4H3,(H,18,19)(H,20,21). The molecule has 0 saturated carbocycles. The van der Waals surface area contributed by atoms with Gasteiger partial charge >= 0.3 is 0 Å². The molecule has 23 heavy (non-hydrogen) atoms. The maximum absolute atomic E-state index is 10.6. The molecule has 2 aromatic rings. The van der Waals surface area contributed by atoms with Crippen molar-refractivity contribution in [3.05, 3.63) is 42.0 Å². The number of rotatable bonds is 3. The summed E-state index contributed by atoms with van der Waals surface area (Å²) in [5.74, 6) is 0.658. The highest BCUT2D eigenvalue weighted by molar-refractivity contribution is 5.77. The molecule has 0 amide bonds. The van der Waals surface area contributed by atoms with E-state index < -0.39 is 6.10 Å². The molecule has 3 heterocycles. The van der Waals surface area contributed by atoms with Crippen molar-refractivity contribution in [1.82, 2.24) is 19.9 Å². The summed E-state index contributed by atoms with van der Waals surface area (Å²) in [6.07, 6.45) is 9.00. The van der Waals surface area contributed by atoms with Crippen LogP contribution in [-0.4, -0.2) is 38.6 Å². The number of aliphatic hydroxyl groups excluding tert-OH is 1. The number of hydrogen-bond acceptors (Lipinski definition) is 5. The van der Waals surface area contributed by atoms with Gasteiger partial charge in [0.15, 0.2) is 5.65 Å². The Morgan fingerprint density at radius 1 is 1.39 bits per heavy atom. The lowest BCUT2D eigenvalue weighted by molar-refractivity contribution is 0.0638. The van der Waals surface area contributed by atoms with Crippen molar-refractivity contribution in [3.8, 4) is 0 Å². The van der Waals surface area contributed by atoms with Crippen molar-refractivity contribution >= 4 is 17.0 Å². The summed E-state index contributed by atoms with van der Waals surface area (Å²) in [6, 6.07) is 0. The minimum atomic E-state index is -0.610. The zero-order valence-corrected chi connectivity index (χ0v) is 14.0. The number of nitrogens with one attached hydrogen (secondary N) is 2. The van der Waals surface area contributed by atoms with E-state index in [1.807, 2.05) is 40.1 Å². The zero-order chi connectivity index (χ0) is 16.6. The van der Waals surface area contributed by atoms with Crippen LogP contribution in [0.2, 0.25) is 0 Å². The maximum atomic E-state index is 10.6. The van der Waals surface area contributed by atoms with Gasteiger partial charge < -0.3 is 20.3 Å². The lowest BCUT2D eigenvalue weighted by Gasteiger charge is -2.25. The van der Waals surface area contributed by atoms with Crippen molar-refractivity contribution in [2.75, 3.05) is 18.9 Å². The van der Waals surface area contributed by atoms with Gasteiger partial charge in [0.2, 0.25) is 0 Å². The average molecular weight is 313 g/mol. The molecular formula is C17H23N5O. The van der Waals surface area contributed by atoms with E-state index >= 15 is 0 Å². The van der Waals surface area contributed by atoms with Crippen LogP contribution in [0.3, 0.4) is 0 Å². The summed E-state index contributed by atoms with van der Waals surface area (Å²) >= 11 is 0. The molecule has 0 aliphatic carbocycles. The lowest BCUT2D eigenvalue weighted by Crippen LogP contribution is -2.18. The molecule has 0 bridgehead atoms. The van der Waals surface area contributed by atoms with Gasteiger partial charge in [-0.1, -0.05) is 26.8 Å². The number of aromatic nitrogens is 3. The van der Waals surface area contributed by atoms with Gasteiger partial charge in [-0.15, -0.1) is 0 Å². The van der Waals surface area contributed by atoms with Crippen LogP contribution in [0.5, 0.6) is 0 Å². The SMILES string of the molecule is CN1C=C(Nc2cnc3[nH]cc(C(O)C(C)(C)C)c3n2)C=CC1. The van der Waals surface area contributed by atoms with E-state index in [2.05, 4.69) is 31.2 Å². The number of allylic oxidation sites excluding steroid dienone is 1. The van der Waals surface area contributed by atoms with Crippen LogP contribution in [0.4, 0.5) is 5.82 Å². The normalized spacial score (nSPS) is 16.6. The summed E-state index contributed by atoms with van der Waals surface area (Å²) in [4.78, 5) is 14.2. The number of aliphatic hydroxyl groups is 1. The highest BCUT2D eigenvalue weighted by Crippen LogP contribution is 2.35. The molecule has 3 rings (SSSR count). The van der Waals surface area contributed by atoms with Gasteiger partial charge in [0.1, 0.15) is 11.3 Å². The Labute approximate surface area is 135 Å². The largest absolute Gasteiger partial charge is 0.388 e. The average Bonchev–Trinajstić information content (AvgIpc) is 2.88. The second-order valence-corrected chi connectivity index (χ2v) is 7.02. The third-order valence-electron chi connectivity index (χ3n) is 3.85. The highest BCUT2D eigenvalue weighted by Gasteiger charge is 2.27. The highest BCUT2D eigenvalue weighted by atomic mass is 16.3. The zero-order valence-electron chi connectivity index (χ0n) is 14.0. The Hall–Kier alpha value is -2.34. The lowest BCUT2D eigenvalue weighted by atomic mass is 9.85. The van der Waals surface area contributed by atoms with E-state index in [4.69, 9.17) is 0 Å². The number of aromatic amines is 1. The number of anilines is 1. The van der Waals surface area contributed by atoms with Crippen molar-refractivity contribution in [2.45, 2.75) is 26.9 Å². The maximum Gasteiger partial charge on any atom is 0.156 e. The van der Waals surface area contributed by atoms with Crippen molar-refractivity contribution in [2.24, 2.45) is 5.41 Å². The molecule has 6 nitrogen and oxygen atoms in total. The van der Waals surface area contributed by atoms with E-state index in [0.29, 0.717) is 17.0 Å². The van der Waals surface area contributed by atoms with Crippen LogP contribution in [0.15, 0.2) is 36.4 Å². The number of H-pyrrole nitrogens is 1. The summed E-state index contributed by atoms with van der Waals surface area (Å²) < 4.78 is 0. The third-order valence-corrected chi connectivity index (χ3v) is 3.85. The Morgan fingerprint density at radius 3 is 2.87 bits per heavy atom. The fraction of sp³-hybridized carbons (Fsp3) is 0.412. The van der Waals surface area contributed by atoms with E-state index in [9.17, 15) is 5.11 Å². The predicted molar refractivity (Wildman–Crippen MR) is 91.8 cm³/mol. The van der Waals surface area contributed by atoms with Gasteiger partial charge in [-0.25, -0.2) is 9.97 Å². The fourth-order valence-corrected chi connectivity index (χ4v) is 2.55. The van der Waals surface area contributed by atoms with Crippen LogP contribution in [-0.2, 0) is 0 Å². The molecule has 122 valence electrons. The first kappa shape index (κ1) is 15.6. The number of nitrogens with zero attached hydrogens (tertiary/aromatic N) is 3. The number of hydrogen-bond donors (Lipinski definition) is 3. The van der Waals surface area contributed by atoms with E-state index in [0.717, 1.165) is 17.8 Å². The molecule has 3 N–H and O–H groups in total. The van der Waals surface area contributed by atoms with Crippen LogP contribution in [0.25, 0.3) is 11.2 Å². The Bertz CT molecular complexity index is 769. The molecule has 1 unspecified atom stereocenters. The third kappa shape index (κ3) is 3.22. The molecule has 1 atom stereocenters. The van der Waals surface area contributed by atoms with Gasteiger partial charge in [0.25, 0.3) is 0 Å². The van der Waals surface area contributed by atoms with Gasteiger partial charge in [-0.3, -0.25) is 0 Å². The second kappa shape index (κ2) is 5.70. The smallest absolute Gasteiger partial charge is 0.156 e. The Kier molecular flexibility index (Phi) is 3.85. The molecular weight excluding hydrogens is 290 g/mol. The molecule has 1 aliphatic rings. The summed E-state index contributed by atoms with van der Waals surface area (Å²) in [5, 5.41) is 13.8. The molecule has 0 fully saturated rings. The molecule has 0 aromatic carbocycles. The second-order valence-electron chi connectivity index (χ2n) is 7.02. The monoisotopic (exact) mass is 313 g/mol. The summed E-state index contributed by atoms with van der Waals surface area (Å²) in [6.45, 7) is 6.90.